The molecule has 6 aromatic rings. The second-order valence-corrected chi connectivity index (χ2v) is 10.4. The maximum Gasteiger partial charge on any atom is 0.282 e. The minimum Gasteiger partial charge on any atom is -0.493 e. The van der Waals surface area contributed by atoms with E-state index < -0.39 is 0 Å². The molecule has 0 N–H and O–H groups in total. The summed E-state index contributed by atoms with van der Waals surface area (Å²) in [5, 5.41) is 5.94. The van der Waals surface area contributed by atoms with Crippen LogP contribution in [0.5, 0.6) is 23.0 Å². The Balaban J connectivity index is 1.31. The fourth-order valence-electron chi connectivity index (χ4n) is 4.78. The van der Waals surface area contributed by atoms with E-state index >= 15 is 0 Å². The molecule has 10 heteroatoms. The standard InChI is InChI=1S/C32H22BrN3O6/c1-38-28-15-22(33)13-21(30(28)39-17-19-10-11-26-27(12-19)41-18-40-26)16-34-36-31(29-14-20-6-2-5-9-25(20)42-29)35-24-8-4-3-7-23(24)32(36)37/h2-16H,17-18H2,1H3. The van der Waals surface area contributed by atoms with Crippen molar-refractivity contribution in [2.75, 3.05) is 13.9 Å². The number of aromatic nitrogens is 2. The monoisotopic (exact) mass is 623 g/mol. The van der Waals surface area contributed by atoms with Gasteiger partial charge in [0.2, 0.25) is 12.6 Å². The highest BCUT2D eigenvalue weighted by molar-refractivity contribution is 9.10. The number of hydrogen-bond donors (Lipinski definition) is 0. The van der Waals surface area contributed by atoms with E-state index in [1.54, 1.807) is 37.6 Å². The van der Waals surface area contributed by atoms with Crippen LogP contribution in [0.4, 0.5) is 0 Å². The number of halogens is 1. The Morgan fingerprint density at radius 3 is 2.71 bits per heavy atom. The molecule has 4 aromatic carbocycles. The van der Waals surface area contributed by atoms with Crippen molar-refractivity contribution in [3.63, 3.8) is 0 Å². The highest BCUT2D eigenvalue weighted by Gasteiger charge is 2.18. The first kappa shape index (κ1) is 25.8. The van der Waals surface area contributed by atoms with Crippen molar-refractivity contribution in [2.45, 2.75) is 6.61 Å². The van der Waals surface area contributed by atoms with Crippen LogP contribution in [0, 0.1) is 0 Å². The molecular formula is C32H22BrN3O6. The number of methoxy groups -OCH3 is 1. The summed E-state index contributed by atoms with van der Waals surface area (Å²) >= 11 is 3.54. The maximum atomic E-state index is 13.7. The van der Waals surface area contributed by atoms with Crippen LogP contribution >= 0.6 is 15.9 Å². The fourth-order valence-corrected chi connectivity index (χ4v) is 5.23. The summed E-state index contributed by atoms with van der Waals surface area (Å²) in [7, 11) is 1.56. The Morgan fingerprint density at radius 2 is 1.83 bits per heavy atom. The minimum absolute atomic E-state index is 0.194. The van der Waals surface area contributed by atoms with Crippen LogP contribution in [-0.2, 0) is 6.61 Å². The van der Waals surface area contributed by atoms with Crippen molar-refractivity contribution >= 4 is 44.0 Å². The molecule has 0 spiro atoms. The van der Waals surface area contributed by atoms with E-state index in [0.29, 0.717) is 50.8 Å². The van der Waals surface area contributed by atoms with Crippen LogP contribution in [0.25, 0.3) is 33.5 Å². The molecule has 0 atom stereocenters. The number of para-hydroxylation sites is 2. The molecule has 42 heavy (non-hydrogen) atoms. The lowest BCUT2D eigenvalue weighted by molar-refractivity contribution is 0.174. The van der Waals surface area contributed by atoms with Crippen LogP contribution in [0.2, 0.25) is 0 Å². The first-order chi connectivity index (χ1) is 20.6. The Hall–Kier alpha value is -5.09. The van der Waals surface area contributed by atoms with Gasteiger partial charge in [0.05, 0.1) is 24.2 Å². The zero-order valence-electron chi connectivity index (χ0n) is 22.2. The Bertz CT molecular complexity index is 2030. The Kier molecular flexibility index (Phi) is 6.59. The van der Waals surface area contributed by atoms with Gasteiger partial charge in [-0.2, -0.15) is 9.78 Å². The van der Waals surface area contributed by atoms with Crippen LogP contribution in [0.1, 0.15) is 11.1 Å². The number of rotatable bonds is 7. The van der Waals surface area contributed by atoms with Gasteiger partial charge in [0.25, 0.3) is 5.56 Å². The smallest absolute Gasteiger partial charge is 0.282 e. The highest BCUT2D eigenvalue weighted by atomic mass is 79.9. The number of hydrogen-bond acceptors (Lipinski definition) is 8. The molecular weight excluding hydrogens is 602 g/mol. The van der Waals surface area contributed by atoms with Crippen LogP contribution in [0.3, 0.4) is 0 Å². The third kappa shape index (κ3) is 4.75. The maximum absolute atomic E-state index is 13.7. The summed E-state index contributed by atoms with van der Waals surface area (Å²) in [5.74, 6) is 3.00. The first-order valence-corrected chi connectivity index (χ1v) is 13.8. The molecule has 208 valence electrons. The van der Waals surface area contributed by atoms with Crippen molar-refractivity contribution in [1.29, 1.82) is 0 Å². The van der Waals surface area contributed by atoms with Crippen molar-refractivity contribution in [1.82, 2.24) is 9.66 Å². The van der Waals surface area contributed by atoms with Gasteiger partial charge in [-0.3, -0.25) is 4.79 Å². The lowest BCUT2D eigenvalue weighted by Gasteiger charge is -2.14. The van der Waals surface area contributed by atoms with Gasteiger partial charge in [0.1, 0.15) is 12.2 Å². The Morgan fingerprint density at radius 1 is 1.00 bits per heavy atom. The molecule has 3 heterocycles. The normalized spacial score (nSPS) is 12.4. The molecule has 9 nitrogen and oxygen atoms in total. The summed E-state index contributed by atoms with van der Waals surface area (Å²) < 4.78 is 30.9. The summed E-state index contributed by atoms with van der Waals surface area (Å²) in [5.41, 5.74) is 2.35. The molecule has 2 aromatic heterocycles. The lowest BCUT2D eigenvalue weighted by atomic mass is 10.2. The van der Waals surface area contributed by atoms with Gasteiger partial charge in [-0.1, -0.05) is 52.3 Å². The van der Waals surface area contributed by atoms with Gasteiger partial charge < -0.3 is 23.4 Å². The highest BCUT2D eigenvalue weighted by Crippen LogP contribution is 2.36. The van der Waals surface area contributed by atoms with Crippen molar-refractivity contribution < 1.29 is 23.4 Å². The largest absolute Gasteiger partial charge is 0.493 e. The second kappa shape index (κ2) is 10.7. The van der Waals surface area contributed by atoms with E-state index in [1.807, 2.05) is 60.7 Å². The number of fused-ring (bicyclic) bond motifs is 3. The van der Waals surface area contributed by atoms with E-state index in [1.165, 1.54) is 4.68 Å². The number of nitrogens with zero attached hydrogens (tertiary/aromatic N) is 3. The first-order valence-electron chi connectivity index (χ1n) is 13.0. The van der Waals surface area contributed by atoms with E-state index in [2.05, 4.69) is 21.0 Å². The van der Waals surface area contributed by atoms with E-state index in [0.717, 1.165) is 15.4 Å². The van der Waals surface area contributed by atoms with E-state index in [9.17, 15) is 4.79 Å². The minimum atomic E-state index is -0.336. The average molecular weight is 624 g/mol. The van der Waals surface area contributed by atoms with Crippen molar-refractivity contribution in [3.05, 3.63) is 111 Å². The quantitative estimate of drug-likeness (QED) is 0.181. The fraction of sp³-hybridized carbons (Fsp3) is 0.0938. The van der Waals surface area contributed by atoms with Gasteiger partial charge in [-0.05, 0) is 54.1 Å². The van der Waals surface area contributed by atoms with E-state index in [4.69, 9.17) is 28.3 Å². The number of benzene rings is 4. The van der Waals surface area contributed by atoms with Crippen LogP contribution in [0.15, 0.2) is 104 Å². The average Bonchev–Trinajstić information content (AvgIpc) is 3.66. The zero-order chi connectivity index (χ0) is 28.6. The molecule has 0 bridgehead atoms. The second-order valence-electron chi connectivity index (χ2n) is 9.47. The molecule has 1 aliphatic heterocycles. The summed E-state index contributed by atoms with van der Waals surface area (Å²) in [6.07, 6.45) is 1.55. The molecule has 0 unspecified atom stereocenters. The number of furan rings is 1. The molecule has 0 saturated carbocycles. The number of ether oxygens (including phenoxy) is 4. The van der Waals surface area contributed by atoms with Crippen molar-refractivity contribution in [3.8, 4) is 34.6 Å². The zero-order valence-corrected chi connectivity index (χ0v) is 23.8. The molecule has 0 radical (unpaired) electrons. The molecule has 7 rings (SSSR count). The molecule has 0 saturated heterocycles. The van der Waals surface area contributed by atoms with Crippen LogP contribution in [-0.4, -0.2) is 29.8 Å². The van der Waals surface area contributed by atoms with Gasteiger partial charge >= 0.3 is 0 Å². The summed E-state index contributed by atoms with van der Waals surface area (Å²) in [6.45, 7) is 0.428. The third-order valence-corrected chi connectivity index (χ3v) is 7.26. The van der Waals surface area contributed by atoms with Gasteiger partial charge in [0.15, 0.2) is 28.8 Å². The Labute approximate surface area is 247 Å². The van der Waals surface area contributed by atoms with E-state index in [-0.39, 0.29) is 24.8 Å². The van der Waals surface area contributed by atoms with Gasteiger partial charge in [0, 0.05) is 15.4 Å². The van der Waals surface area contributed by atoms with Gasteiger partial charge in [-0.15, -0.1) is 0 Å². The van der Waals surface area contributed by atoms with Crippen molar-refractivity contribution in [2.24, 2.45) is 5.10 Å². The summed E-state index contributed by atoms with van der Waals surface area (Å²) in [6, 6.07) is 25.9. The molecule has 0 aliphatic carbocycles. The lowest BCUT2D eigenvalue weighted by Crippen LogP contribution is -2.20. The summed E-state index contributed by atoms with van der Waals surface area (Å²) in [4.78, 5) is 18.5. The molecule has 1 aliphatic rings. The van der Waals surface area contributed by atoms with Gasteiger partial charge in [-0.25, -0.2) is 4.98 Å². The SMILES string of the molecule is COc1cc(Br)cc(C=Nn2c(-c3cc4ccccc4o3)nc3ccccc3c2=O)c1OCc1ccc2c(c1)OCO2. The van der Waals surface area contributed by atoms with Crippen LogP contribution < -0.4 is 24.5 Å². The predicted molar refractivity (Wildman–Crippen MR) is 162 cm³/mol. The third-order valence-electron chi connectivity index (χ3n) is 6.80. The predicted octanol–water partition coefficient (Wildman–Crippen LogP) is 6.77. The molecule has 0 amide bonds. The topological polar surface area (TPSA) is 97.3 Å². The molecule has 0 fully saturated rings.